The number of carbonyl (C=O) groups excluding carboxylic acids is 1. The SMILES string of the molecule is CNC(=O)CC(N)c1ccc2oc(=O)[nH]c2c1. The van der Waals surface area contributed by atoms with Crippen LogP contribution >= 0.6 is 0 Å². The highest BCUT2D eigenvalue weighted by Gasteiger charge is 2.12. The third-order valence-corrected chi connectivity index (χ3v) is 2.56. The Bertz CT molecular complexity index is 599. The quantitative estimate of drug-likeness (QED) is 0.710. The number of fused-ring (bicyclic) bond motifs is 1. The van der Waals surface area contributed by atoms with E-state index in [9.17, 15) is 9.59 Å². The molecule has 1 heterocycles. The highest BCUT2D eigenvalue weighted by molar-refractivity contribution is 5.77. The molecule has 2 rings (SSSR count). The Morgan fingerprint density at radius 2 is 2.35 bits per heavy atom. The van der Waals surface area contributed by atoms with Crippen LogP contribution in [0, 0.1) is 0 Å². The van der Waals surface area contributed by atoms with Crippen molar-refractivity contribution in [1.82, 2.24) is 10.3 Å². The Hall–Kier alpha value is -2.08. The summed E-state index contributed by atoms with van der Waals surface area (Å²) in [5.74, 6) is -0.629. The molecule has 90 valence electrons. The number of hydrogen-bond acceptors (Lipinski definition) is 4. The first-order valence-electron chi connectivity index (χ1n) is 5.19. The lowest BCUT2D eigenvalue weighted by atomic mass is 10.0. The highest BCUT2D eigenvalue weighted by Crippen LogP contribution is 2.18. The van der Waals surface area contributed by atoms with E-state index < -0.39 is 11.8 Å². The second-order valence-corrected chi connectivity index (χ2v) is 3.75. The number of aromatic amines is 1. The van der Waals surface area contributed by atoms with Crippen LogP contribution in [0.2, 0.25) is 0 Å². The van der Waals surface area contributed by atoms with Crippen molar-refractivity contribution in [2.75, 3.05) is 7.05 Å². The minimum atomic E-state index is -0.503. The van der Waals surface area contributed by atoms with E-state index in [2.05, 4.69) is 10.3 Å². The molecule has 1 aromatic carbocycles. The normalized spacial score (nSPS) is 12.6. The lowest BCUT2D eigenvalue weighted by molar-refractivity contribution is -0.120. The maximum Gasteiger partial charge on any atom is 0.417 e. The van der Waals surface area contributed by atoms with Gasteiger partial charge in [-0.3, -0.25) is 9.78 Å². The summed E-state index contributed by atoms with van der Waals surface area (Å²) in [6, 6.07) is 4.71. The van der Waals surface area contributed by atoms with Crippen LogP contribution in [0.15, 0.2) is 27.4 Å². The summed E-state index contributed by atoms with van der Waals surface area (Å²) >= 11 is 0. The van der Waals surface area contributed by atoms with Crippen LogP contribution in [0.4, 0.5) is 0 Å². The lowest BCUT2D eigenvalue weighted by Crippen LogP contribution is -2.24. The minimum Gasteiger partial charge on any atom is -0.408 e. The summed E-state index contributed by atoms with van der Waals surface area (Å²) in [5.41, 5.74) is 7.72. The van der Waals surface area contributed by atoms with Crippen molar-refractivity contribution in [3.8, 4) is 0 Å². The molecule has 1 aromatic heterocycles. The molecule has 1 unspecified atom stereocenters. The molecule has 1 amide bonds. The molecule has 1 atom stereocenters. The topological polar surface area (TPSA) is 101 Å². The van der Waals surface area contributed by atoms with Gasteiger partial charge < -0.3 is 15.5 Å². The van der Waals surface area contributed by atoms with Crippen LogP contribution in [0.3, 0.4) is 0 Å². The molecule has 0 saturated carbocycles. The Morgan fingerprint density at radius 1 is 1.59 bits per heavy atom. The first-order chi connectivity index (χ1) is 8.10. The van der Waals surface area contributed by atoms with Crippen LogP contribution in [0.5, 0.6) is 0 Å². The summed E-state index contributed by atoms with van der Waals surface area (Å²) in [7, 11) is 1.56. The average molecular weight is 235 g/mol. The van der Waals surface area contributed by atoms with Crippen molar-refractivity contribution in [2.45, 2.75) is 12.5 Å². The summed E-state index contributed by atoms with van der Waals surface area (Å²) in [4.78, 5) is 24.7. The molecule has 0 fully saturated rings. The predicted molar refractivity (Wildman–Crippen MR) is 62.4 cm³/mol. The number of hydrogen-bond donors (Lipinski definition) is 3. The van der Waals surface area contributed by atoms with Crippen LogP contribution < -0.4 is 16.8 Å². The summed E-state index contributed by atoms with van der Waals surface area (Å²) in [6.45, 7) is 0. The Labute approximate surface area is 96.8 Å². The van der Waals surface area contributed by atoms with Gasteiger partial charge >= 0.3 is 5.76 Å². The van der Waals surface area contributed by atoms with E-state index >= 15 is 0 Å². The van der Waals surface area contributed by atoms with Gasteiger partial charge in [-0.1, -0.05) is 6.07 Å². The molecule has 0 aliphatic rings. The van der Waals surface area contributed by atoms with Gasteiger partial charge in [-0.2, -0.15) is 0 Å². The monoisotopic (exact) mass is 235 g/mol. The van der Waals surface area contributed by atoms with E-state index in [-0.39, 0.29) is 12.3 Å². The number of oxazole rings is 1. The summed E-state index contributed by atoms with van der Waals surface area (Å²) < 4.78 is 4.87. The molecular formula is C11H13N3O3. The van der Waals surface area contributed by atoms with Crippen molar-refractivity contribution < 1.29 is 9.21 Å². The van der Waals surface area contributed by atoms with Gasteiger partial charge in [0.25, 0.3) is 0 Å². The van der Waals surface area contributed by atoms with Gasteiger partial charge in [0.15, 0.2) is 5.58 Å². The van der Waals surface area contributed by atoms with Gasteiger partial charge in [0, 0.05) is 19.5 Å². The number of amides is 1. The Balaban J connectivity index is 2.29. The van der Waals surface area contributed by atoms with E-state index in [1.165, 1.54) is 0 Å². The van der Waals surface area contributed by atoms with E-state index in [1.807, 2.05) is 0 Å². The fourth-order valence-electron chi connectivity index (χ4n) is 1.62. The molecule has 0 saturated heterocycles. The molecule has 6 nitrogen and oxygen atoms in total. The third kappa shape index (κ3) is 2.36. The van der Waals surface area contributed by atoms with Crippen LogP contribution in [0.1, 0.15) is 18.0 Å². The van der Waals surface area contributed by atoms with Crippen molar-refractivity contribution in [3.63, 3.8) is 0 Å². The van der Waals surface area contributed by atoms with Crippen molar-refractivity contribution in [1.29, 1.82) is 0 Å². The molecule has 0 aliphatic heterocycles. The van der Waals surface area contributed by atoms with Gasteiger partial charge in [0.2, 0.25) is 5.91 Å². The zero-order chi connectivity index (χ0) is 12.4. The molecular weight excluding hydrogens is 222 g/mol. The summed E-state index contributed by atoms with van der Waals surface area (Å²) in [6.07, 6.45) is 0.199. The smallest absolute Gasteiger partial charge is 0.408 e. The van der Waals surface area contributed by atoms with Crippen LogP contribution in [0.25, 0.3) is 11.1 Å². The molecule has 0 radical (unpaired) electrons. The Kier molecular flexibility index (Phi) is 2.97. The largest absolute Gasteiger partial charge is 0.417 e. The maximum atomic E-state index is 11.2. The minimum absolute atomic E-state index is 0.127. The predicted octanol–water partition coefficient (Wildman–Crippen LogP) is 0.257. The molecule has 17 heavy (non-hydrogen) atoms. The maximum absolute atomic E-state index is 11.2. The zero-order valence-corrected chi connectivity index (χ0v) is 9.32. The average Bonchev–Trinajstić information content (AvgIpc) is 2.67. The van der Waals surface area contributed by atoms with Crippen molar-refractivity contribution in [2.24, 2.45) is 5.73 Å². The van der Waals surface area contributed by atoms with Crippen molar-refractivity contribution >= 4 is 17.0 Å². The van der Waals surface area contributed by atoms with E-state index in [0.29, 0.717) is 11.1 Å². The molecule has 0 bridgehead atoms. The number of carbonyl (C=O) groups is 1. The van der Waals surface area contributed by atoms with E-state index in [1.54, 1.807) is 25.2 Å². The van der Waals surface area contributed by atoms with E-state index in [4.69, 9.17) is 10.2 Å². The number of nitrogens with two attached hydrogens (primary N) is 1. The van der Waals surface area contributed by atoms with Crippen molar-refractivity contribution in [3.05, 3.63) is 34.3 Å². The van der Waals surface area contributed by atoms with Gasteiger partial charge in [-0.25, -0.2) is 4.79 Å². The lowest BCUT2D eigenvalue weighted by Gasteiger charge is -2.10. The molecule has 4 N–H and O–H groups in total. The number of rotatable bonds is 3. The molecule has 0 aliphatic carbocycles. The first kappa shape index (κ1) is 11.4. The number of benzene rings is 1. The Morgan fingerprint density at radius 3 is 3.06 bits per heavy atom. The molecule has 0 spiro atoms. The van der Waals surface area contributed by atoms with Gasteiger partial charge in [-0.15, -0.1) is 0 Å². The standard InChI is InChI=1S/C11H13N3O3/c1-13-10(15)5-7(12)6-2-3-9-8(4-6)14-11(16)17-9/h2-4,7H,5,12H2,1H3,(H,13,15)(H,14,16). The number of nitrogens with one attached hydrogen (secondary N) is 2. The fourth-order valence-corrected chi connectivity index (χ4v) is 1.62. The van der Waals surface area contributed by atoms with Gasteiger partial charge in [-0.05, 0) is 17.7 Å². The fraction of sp³-hybridized carbons (Fsp3) is 0.273. The first-order valence-corrected chi connectivity index (χ1v) is 5.19. The zero-order valence-electron chi connectivity index (χ0n) is 9.32. The third-order valence-electron chi connectivity index (χ3n) is 2.56. The number of H-pyrrole nitrogens is 1. The summed E-state index contributed by atoms with van der Waals surface area (Å²) in [5, 5.41) is 2.51. The number of aromatic nitrogens is 1. The van der Waals surface area contributed by atoms with Crippen LogP contribution in [-0.4, -0.2) is 17.9 Å². The highest BCUT2D eigenvalue weighted by atomic mass is 16.4. The second-order valence-electron chi connectivity index (χ2n) is 3.75. The molecule has 2 aromatic rings. The van der Waals surface area contributed by atoms with Gasteiger partial charge in [0.1, 0.15) is 0 Å². The van der Waals surface area contributed by atoms with Gasteiger partial charge in [0.05, 0.1) is 5.52 Å². The second kappa shape index (κ2) is 4.42. The molecule has 6 heteroatoms. The van der Waals surface area contributed by atoms with E-state index in [0.717, 1.165) is 5.56 Å². The van der Waals surface area contributed by atoms with Crippen LogP contribution in [-0.2, 0) is 4.79 Å².